The van der Waals surface area contributed by atoms with Crippen LogP contribution in [0.5, 0.6) is 0 Å². The highest BCUT2D eigenvalue weighted by Crippen LogP contribution is 2.52. The zero-order chi connectivity index (χ0) is 31.6. The largest absolute Gasteiger partial charge is 0.361 e. The van der Waals surface area contributed by atoms with Crippen molar-refractivity contribution in [3.63, 3.8) is 0 Å². The Balaban J connectivity index is 1.12. The Labute approximate surface area is 285 Å². The van der Waals surface area contributed by atoms with Gasteiger partial charge in [-0.15, -0.1) is 0 Å². The first kappa shape index (κ1) is 28.5. The molecule has 2 aliphatic heterocycles. The van der Waals surface area contributed by atoms with Crippen molar-refractivity contribution in [2.75, 3.05) is 5.32 Å². The maximum absolute atomic E-state index is 3.97. The summed E-state index contributed by atoms with van der Waals surface area (Å²) in [6, 6.07) is 9.25. The third-order valence-corrected chi connectivity index (χ3v) is 12.2. The Morgan fingerprint density at radius 3 is 2.52 bits per heavy atom. The topological polar surface area (TPSA) is 20.2 Å². The molecule has 1 N–H and O–H groups in total. The zero-order valence-electron chi connectivity index (χ0n) is 27.9. The lowest BCUT2D eigenvalue weighted by Crippen LogP contribution is -2.40. The Hall–Kier alpha value is -4.50. The van der Waals surface area contributed by atoms with Crippen molar-refractivity contribution in [2.24, 2.45) is 11.8 Å². The van der Waals surface area contributed by atoms with E-state index in [1.54, 1.807) is 11.1 Å². The van der Waals surface area contributed by atoms with Crippen LogP contribution in [0.1, 0.15) is 98.3 Å². The molecule has 0 bridgehead atoms. The van der Waals surface area contributed by atoms with Gasteiger partial charge in [-0.3, -0.25) is 0 Å². The molecule has 1 aromatic carbocycles. The van der Waals surface area contributed by atoms with E-state index >= 15 is 0 Å². The molecule has 3 unspecified atom stereocenters. The van der Waals surface area contributed by atoms with E-state index in [-0.39, 0.29) is 6.17 Å². The summed E-state index contributed by atoms with van der Waals surface area (Å²) in [5.41, 5.74) is 17.6. The molecule has 3 nitrogen and oxygen atoms in total. The monoisotopic (exact) mass is 627 g/mol. The van der Waals surface area contributed by atoms with Gasteiger partial charge in [0.1, 0.15) is 6.17 Å². The summed E-state index contributed by atoms with van der Waals surface area (Å²) >= 11 is 0. The van der Waals surface area contributed by atoms with Crippen molar-refractivity contribution < 1.29 is 0 Å². The van der Waals surface area contributed by atoms with Crippen LogP contribution in [-0.2, 0) is 6.42 Å². The normalized spacial score (nSPS) is 28.0. The molecule has 0 radical (unpaired) electrons. The molecule has 8 aliphatic rings. The van der Waals surface area contributed by atoms with E-state index in [0.717, 1.165) is 44.9 Å². The van der Waals surface area contributed by atoms with Crippen molar-refractivity contribution >= 4 is 29.0 Å². The van der Waals surface area contributed by atoms with Gasteiger partial charge in [-0.1, -0.05) is 97.5 Å². The second kappa shape index (κ2) is 11.6. The second-order valence-corrected chi connectivity index (χ2v) is 14.9. The van der Waals surface area contributed by atoms with Gasteiger partial charge in [-0.2, -0.15) is 0 Å². The molecule has 2 aromatic rings. The maximum atomic E-state index is 3.97. The van der Waals surface area contributed by atoms with Crippen LogP contribution in [-0.4, -0.2) is 15.6 Å². The lowest BCUT2D eigenvalue weighted by Gasteiger charge is -2.40. The average Bonchev–Trinajstić information content (AvgIpc) is 3.44. The summed E-state index contributed by atoms with van der Waals surface area (Å²) in [4.78, 5) is 2.73. The van der Waals surface area contributed by atoms with Crippen LogP contribution in [0, 0.1) is 11.8 Å². The first-order valence-electron chi connectivity index (χ1n) is 18.6. The van der Waals surface area contributed by atoms with Gasteiger partial charge in [0.2, 0.25) is 0 Å². The third-order valence-electron chi connectivity index (χ3n) is 12.2. The maximum Gasteiger partial charge on any atom is 0.123 e. The van der Waals surface area contributed by atoms with E-state index in [0.29, 0.717) is 17.9 Å². The fraction of sp³-hybridized carbons (Fsp3) is 0.333. The number of benzene rings is 1. The smallest absolute Gasteiger partial charge is 0.123 e. The fourth-order valence-electron chi connectivity index (χ4n) is 9.99. The van der Waals surface area contributed by atoms with Crippen molar-refractivity contribution in [3.8, 4) is 0 Å². The molecular formula is C45H45N3. The van der Waals surface area contributed by atoms with Gasteiger partial charge in [-0.25, -0.2) is 0 Å². The summed E-state index contributed by atoms with van der Waals surface area (Å²) in [7, 11) is 0. The van der Waals surface area contributed by atoms with Crippen LogP contribution in [0.4, 0.5) is 5.69 Å². The number of para-hydroxylation sites is 1. The van der Waals surface area contributed by atoms with Gasteiger partial charge in [0, 0.05) is 51.4 Å². The van der Waals surface area contributed by atoms with E-state index in [2.05, 4.69) is 124 Å². The summed E-state index contributed by atoms with van der Waals surface area (Å²) in [5.74, 6) is 1.19. The number of rotatable bonds is 3. The summed E-state index contributed by atoms with van der Waals surface area (Å²) in [5, 5.41) is 3.97. The Bertz CT molecular complexity index is 2010. The van der Waals surface area contributed by atoms with Crippen LogP contribution < -0.4 is 5.32 Å². The van der Waals surface area contributed by atoms with E-state index in [9.17, 15) is 0 Å². The number of hydrogen-bond donors (Lipinski definition) is 1. The molecule has 4 atom stereocenters. The molecular weight excluding hydrogens is 583 g/mol. The molecule has 6 aliphatic carbocycles. The highest BCUT2D eigenvalue weighted by molar-refractivity contribution is 5.94. The highest BCUT2D eigenvalue weighted by Gasteiger charge is 2.39. The number of aromatic nitrogens is 1. The number of nitrogens with one attached hydrogen (secondary N) is 1. The number of allylic oxidation sites excluding steroid dienone is 17. The molecule has 3 heteroatoms. The van der Waals surface area contributed by atoms with Gasteiger partial charge in [0.25, 0.3) is 0 Å². The predicted molar refractivity (Wildman–Crippen MR) is 201 cm³/mol. The highest BCUT2D eigenvalue weighted by atomic mass is 15.3. The Morgan fingerprint density at radius 1 is 0.750 bits per heavy atom. The molecule has 48 heavy (non-hydrogen) atoms. The molecule has 3 heterocycles. The lowest BCUT2D eigenvalue weighted by molar-refractivity contribution is 0.293. The van der Waals surface area contributed by atoms with Crippen LogP contribution in [0.2, 0.25) is 0 Å². The van der Waals surface area contributed by atoms with E-state index in [4.69, 9.17) is 0 Å². The van der Waals surface area contributed by atoms with Gasteiger partial charge >= 0.3 is 0 Å². The van der Waals surface area contributed by atoms with Gasteiger partial charge in [0.15, 0.2) is 0 Å². The summed E-state index contributed by atoms with van der Waals surface area (Å²) in [6.07, 6.45) is 46.7. The van der Waals surface area contributed by atoms with Crippen LogP contribution in [0.25, 0.3) is 23.3 Å². The number of anilines is 1. The molecule has 1 aromatic heterocycles. The first-order valence-corrected chi connectivity index (χ1v) is 18.6. The van der Waals surface area contributed by atoms with Gasteiger partial charge in [-0.05, 0) is 111 Å². The molecule has 1 saturated carbocycles. The van der Waals surface area contributed by atoms with Gasteiger partial charge in [0.05, 0.1) is 5.69 Å². The van der Waals surface area contributed by atoms with E-state index in [1.165, 1.54) is 82.0 Å². The molecule has 240 valence electrons. The standard InChI is InChI=1S/C45H45N3/c1-2-14-32-28-34(25-24-30(32)12-1)33-15-11-16-35(29-33)47-40-21-8-4-17-36(40)44-37-18-5-9-22-41(37)48(42-23-10-6-19-38(42)45(44)47)43-27-26-31-13-3-7-20-39(31)46-43/h1-3,5-8,12-14,18-21,25-28,30,33,35,43,46H,4,9-11,15-17,22-24,29H2/t30?,33-,35?,43?/m0/s1. The number of hydrogen-bond acceptors (Lipinski definition) is 2. The van der Waals surface area contributed by atoms with Crippen molar-refractivity contribution in [1.29, 1.82) is 0 Å². The Morgan fingerprint density at radius 2 is 1.58 bits per heavy atom. The van der Waals surface area contributed by atoms with Crippen LogP contribution in [0.15, 0.2) is 120 Å². The first-order chi connectivity index (χ1) is 23.8. The minimum absolute atomic E-state index is 0.0962. The molecule has 0 saturated heterocycles. The average molecular weight is 628 g/mol. The van der Waals surface area contributed by atoms with Crippen molar-refractivity contribution in [2.45, 2.75) is 82.8 Å². The van der Waals surface area contributed by atoms with Crippen LogP contribution >= 0.6 is 0 Å². The third kappa shape index (κ3) is 4.54. The summed E-state index contributed by atoms with van der Waals surface area (Å²) < 4.78 is 2.87. The lowest BCUT2D eigenvalue weighted by atomic mass is 9.76. The minimum Gasteiger partial charge on any atom is -0.361 e. The quantitative estimate of drug-likeness (QED) is 0.365. The van der Waals surface area contributed by atoms with E-state index in [1.807, 2.05) is 0 Å². The van der Waals surface area contributed by atoms with Crippen LogP contribution in [0.3, 0.4) is 0 Å². The van der Waals surface area contributed by atoms with E-state index < -0.39 is 0 Å². The van der Waals surface area contributed by atoms with Crippen molar-refractivity contribution in [1.82, 2.24) is 9.47 Å². The number of nitrogens with zero attached hydrogens (tertiary/aromatic N) is 2. The summed E-state index contributed by atoms with van der Waals surface area (Å²) in [6.45, 7) is 0. The fourth-order valence-corrected chi connectivity index (χ4v) is 9.99. The van der Waals surface area contributed by atoms with Gasteiger partial charge < -0.3 is 14.8 Å². The zero-order valence-corrected chi connectivity index (χ0v) is 27.9. The molecule has 10 rings (SSSR count). The predicted octanol–water partition coefficient (Wildman–Crippen LogP) is 11.1. The minimum atomic E-state index is 0.0962. The molecule has 0 spiro atoms. The second-order valence-electron chi connectivity index (χ2n) is 14.9. The molecule has 1 fully saturated rings. The molecule has 0 amide bonds. The number of fused-ring (bicyclic) bond motifs is 7. The SMILES string of the molecule is C1=CC2=CC([C@H]3CCCC(n4c5c(c6c4C4=C(CCC=C4)N(C4C=Cc7ccccc7N4)C4=C6C=CCC4)CCC=C5)C3)=CCC2C=C1. The van der Waals surface area contributed by atoms with Crippen molar-refractivity contribution in [3.05, 3.63) is 148 Å². The Kier molecular flexibility index (Phi) is 6.88.